The summed E-state index contributed by atoms with van der Waals surface area (Å²) in [5.41, 5.74) is 2.81. The number of hydrogen-bond acceptors (Lipinski definition) is 2. The van der Waals surface area contributed by atoms with Crippen molar-refractivity contribution in [3.05, 3.63) is 54.4 Å². The number of fused-ring (bicyclic) bond motifs is 1. The van der Waals surface area contributed by atoms with Crippen LogP contribution in [-0.4, -0.2) is 21.9 Å². The van der Waals surface area contributed by atoms with Crippen LogP contribution in [0.25, 0.3) is 0 Å². The number of urea groups is 1. The minimum absolute atomic E-state index is 0.148. The number of hydrogen-bond donors (Lipinski definition) is 1. The molecule has 0 radical (unpaired) electrons. The predicted molar refractivity (Wildman–Crippen MR) is 77.1 cm³/mol. The number of amides is 2. The van der Waals surface area contributed by atoms with E-state index in [0.29, 0.717) is 6.54 Å². The van der Waals surface area contributed by atoms with Gasteiger partial charge in [0.05, 0.1) is 0 Å². The van der Waals surface area contributed by atoms with Gasteiger partial charge in [-0.1, -0.05) is 27.9 Å². The lowest BCUT2D eigenvalue weighted by Crippen LogP contribution is -2.48. The smallest absolute Gasteiger partial charge is 0.329 e. The number of carbonyl (C=O) groups excluding carboxylic acids is 1. The van der Waals surface area contributed by atoms with Crippen LogP contribution in [0.3, 0.4) is 0 Å². The zero-order valence-electron chi connectivity index (χ0n) is 11.2. The summed E-state index contributed by atoms with van der Waals surface area (Å²) >= 11 is 0. The van der Waals surface area contributed by atoms with Crippen molar-refractivity contribution in [2.45, 2.75) is 13.5 Å². The molecule has 5 nitrogen and oxygen atoms in total. The van der Waals surface area contributed by atoms with Gasteiger partial charge in [-0.05, 0) is 12.1 Å². The topological polar surface area (TPSA) is 48.2 Å². The van der Waals surface area contributed by atoms with Crippen molar-refractivity contribution in [3.8, 4) is 0 Å². The molecule has 0 fully saturated rings. The Morgan fingerprint density at radius 3 is 2.90 bits per heavy atom. The molecular formula is C15H15N4O+. The Morgan fingerprint density at radius 1 is 1.30 bits per heavy atom. The van der Waals surface area contributed by atoms with Crippen LogP contribution in [0.15, 0.2) is 48.8 Å². The Labute approximate surface area is 117 Å². The maximum Gasteiger partial charge on any atom is 0.376 e. The first kappa shape index (κ1) is 12.3. The molecule has 0 aliphatic carbocycles. The van der Waals surface area contributed by atoms with Crippen LogP contribution in [0, 0.1) is 0 Å². The molecule has 1 aromatic carbocycles. The van der Waals surface area contributed by atoms with E-state index in [1.54, 1.807) is 22.1 Å². The second-order valence-electron chi connectivity index (χ2n) is 4.41. The molecule has 0 saturated heterocycles. The second kappa shape index (κ2) is 5.13. The van der Waals surface area contributed by atoms with E-state index in [1.165, 1.54) is 0 Å². The van der Waals surface area contributed by atoms with Gasteiger partial charge in [0.1, 0.15) is 11.9 Å². The maximum absolute atomic E-state index is 12.3. The molecule has 1 N–H and O–H groups in total. The number of anilines is 1. The van der Waals surface area contributed by atoms with Crippen LogP contribution in [0.4, 0.5) is 16.2 Å². The fraction of sp³-hybridized carbons (Fsp3) is 0.133. The SMILES string of the molecule is CC=[N+](c1cccnc1)N1C(=O)NCc2ccccc21. The van der Waals surface area contributed by atoms with Crippen LogP contribution >= 0.6 is 0 Å². The summed E-state index contributed by atoms with van der Waals surface area (Å²) < 4.78 is 1.79. The lowest BCUT2D eigenvalue weighted by Gasteiger charge is -2.25. The Hall–Kier alpha value is -2.69. The highest BCUT2D eigenvalue weighted by Gasteiger charge is 2.33. The molecule has 1 aliphatic rings. The number of carbonyl (C=O) groups is 1. The summed E-state index contributed by atoms with van der Waals surface area (Å²) in [7, 11) is 0. The molecule has 100 valence electrons. The fourth-order valence-electron chi connectivity index (χ4n) is 2.31. The Bertz CT molecular complexity index is 667. The van der Waals surface area contributed by atoms with Gasteiger partial charge in [0.25, 0.3) is 5.69 Å². The third-order valence-electron chi connectivity index (χ3n) is 3.21. The third kappa shape index (κ3) is 2.03. The van der Waals surface area contributed by atoms with E-state index in [-0.39, 0.29) is 6.03 Å². The Kier molecular flexibility index (Phi) is 3.16. The number of para-hydroxylation sites is 1. The van der Waals surface area contributed by atoms with Gasteiger partial charge in [-0.3, -0.25) is 4.98 Å². The van der Waals surface area contributed by atoms with Gasteiger partial charge in [0.2, 0.25) is 0 Å². The molecule has 0 unspecified atom stereocenters. The molecule has 1 aliphatic heterocycles. The minimum Gasteiger partial charge on any atom is -0.329 e. The number of hydrazine groups is 1. The Morgan fingerprint density at radius 2 is 2.15 bits per heavy atom. The van der Waals surface area contributed by atoms with Gasteiger partial charge in [0.15, 0.2) is 6.21 Å². The van der Waals surface area contributed by atoms with E-state index < -0.39 is 0 Å². The molecule has 5 heteroatoms. The monoisotopic (exact) mass is 267 g/mol. The predicted octanol–water partition coefficient (Wildman–Crippen LogP) is 2.46. The molecule has 0 bridgehead atoms. The summed E-state index contributed by atoms with van der Waals surface area (Å²) in [5, 5.41) is 4.50. The summed E-state index contributed by atoms with van der Waals surface area (Å²) in [6.07, 6.45) is 5.28. The van der Waals surface area contributed by atoms with Crippen molar-refractivity contribution in [3.63, 3.8) is 0 Å². The molecule has 2 aromatic rings. The van der Waals surface area contributed by atoms with Crippen LogP contribution in [-0.2, 0) is 6.54 Å². The van der Waals surface area contributed by atoms with Crippen LogP contribution in [0.2, 0.25) is 0 Å². The molecular weight excluding hydrogens is 252 g/mol. The summed E-state index contributed by atoms with van der Waals surface area (Å²) in [6.45, 7) is 2.44. The number of pyridine rings is 1. The first-order valence-electron chi connectivity index (χ1n) is 6.46. The van der Waals surface area contributed by atoms with Crippen molar-refractivity contribution in [2.24, 2.45) is 0 Å². The van der Waals surface area contributed by atoms with E-state index in [4.69, 9.17) is 0 Å². The summed E-state index contributed by atoms with van der Waals surface area (Å²) in [5.74, 6) is 0. The first-order chi connectivity index (χ1) is 9.81. The molecule has 2 heterocycles. The highest BCUT2D eigenvalue weighted by molar-refractivity contribution is 5.93. The first-order valence-corrected chi connectivity index (χ1v) is 6.46. The third-order valence-corrected chi connectivity index (χ3v) is 3.21. The van der Waals surface area contributed by atoms with E-state index in [9.17, 15) is 4.79 Å². The van der Waals surface area contributed by atoms with E-state index in [1.807, 2.05) is 49.5 Å². The standard InChI is InChI=1S/C15H14N4O/c1-2-18(13-7-5-9-16-11-13)19-14-8-4-3-6-12(14)10-17-15(19)20/h2-9,11H,10H2,1H3/p+1. The molecule has 1 aromatic heterocycles. The second-order valence-corrected chi connectivity index (χ2v) is 4.41. The normalized spacial score (nSPS) is 14.8. The van der Waals surface area contributed by atoms with Gasteiger partial charge >= 0.3 is 6.03 Å². The molecule has 3 rings (SSSR count). The number of rotatable bonds is 2. The van der Waals surface area contributed by atoms with E-state index >= 15 is 0 Å². The molecule has 0 spiro atoms. The molecule has 0 saturated carbocycles. The summed E-state index contributed by atoms with van der Waals surface area (Å²) in [4.78, 5) is 16.4. The van der Waals surface area contributed by atoms with E-state index in [2.05, 4.69) is 10.3 Å². The minimum atomic E-state index is -0.148. The lowest BCUT2D eigenvalue weighted by atomic mass is 10.1. The number of hydrazone groups is 1. The van der Waals surface area contributed by atoms with Crippen LogP contribution < -0.4 is 10.3 Å². The van der Waals surface area contributed by atoms with Crippen LogP contribution in [0.5, 0.6) is 0 Å². The zero-order chi connectivity index (χ0) is 13.9. The van der Waals surface area contributed by atoms with Crippen molar-refractivity contribution in [1.29, 1.82) is 0 Å². The average molecular weight is 267 g/mol. The van der Waals surface area contributed by atoms with Crippen molar-refractivity contribution >= 4 is 23.6 Å². The summed E-state index contributed by atoms with van der Waals surface area (Å²) in [6, 6.07) is 11.5. The van der Waals surface area contributed by atoms with Gasteiger partial charge in [-0.15, -0.1) is 0 Å². The van der Waals surface area contributed by atoms with Crippen molar-refractivity contribution in [1.82, 2.24) is 10.3 Å². The highest BCUT2D eigenvalue weighted by atomic mass is 16.2. The molecule has 0 atom stereocenters. The highest BCUT2D eigenvalue weighted by Crippen LogP contribution is 2.26. The van der Waals surface area contributed by atoms with Gasteiger partial charge in [-0.25, -0.2) is 4.79 Å². The number of nitrogens with zero attached hydrogens (tertiary/aromatic N) is 3. The fourth-order valence-corrected chi connectivity index (χ4v) is 2.31. The van der Waals surface area contributed by atoms with Gasteiger partial charge in [-0.2, -0.15) is 0 Å². The molecule has 20 heavy (non-hydrogen) atoms. The van der Waals surface area contributed by atoms with Crippen molar-refractivity contribution < 1.29 is 9.48 Å². The van der Waals surface area contributed by atoms with Gasteiger partial charge < -0.3 is 5.32 Å². The Balaban J connectivity index is 2.11. The lowest BCUT2D eigenvalue weighted by molar-refractivity contribution is -0.438. The van der Waals surface area contributed by atoms with E-state index in [0.717, 1.165) is 16.9 Å². The average Bonchev–Trinajstić information content (AvgIpc) is 2.51. The molecule has 2 amide bonds. The zero-order valence-corrected chi connectivity index (χ0v) is 11.2. The van der Waals surface area contributed by atoms with Crippen molar-refractivity contribution in [2.75, 3.05) is 5.01 Å². The quantitative estimate of drug-likeness (QED) is 0.671. The largest absolute Gasteiger partial charge is 0.376 e. The maximum atomic E-state index is 12.3. The number of nitrogens with one attached hydrogen (secondary N) is 1. The number of aromatic nitrogens is 1. The van der Waals surface area contributed by atoms with Gasteiger partial charge in [0, 0.05) is 31.3 Å². The number of benzene rings is 1. The van der Waals surface area contributed by atoms with Crippen LogP contribution in [0.1, 0.15) is 12.5 Å².